The number of rotatable bonds is 6. The van der Waals surface area contributed by atoms with E-state index < -0.39 is 26.8 Å². The van der Waals surface area contributed by atoms with Crippen LogP contribution < -0.4 is 15.8 Å². The van der Waals surface area contributed by atoms with Gasteiger partial charge in [-0.2, -0.15) is 0 Å². The molecule has 1 saturated carbocycles. The molecule has 0 radical (unpaired) electrons. The number of aliphatic imine (C=N–C) groups is 1. The van der Waals surface area contributed by atoms with Gasteiger partial charge in [-0.25, -0.2) is 22.8 Å². The van der Waals surface area contributed by atoms with Crippen molar-refractivity contribution in [2.45, 2.75) is 36.5 Å². The van der Waals surface area contributed by atoms with Crippen molar-refractivity contribution in [3.8, 4) is 17.6 Å². The summed E-state index contributed by atoms with van der Waals surface area (Å²) in [6.07, 6.45) is 6.56. The molecule has 6 rings (SSSR count). The number of aromatic nitrogens is 3. The second kappa shape index (κ2) is 8.38. The van der Waals surface area contributed by atoms with Gasteiger partial charge in [-0.1, -0.05) is 5.92 Å². The van der Waals surface area contributed by atoms with Gasteiger partial charge in [0.25, 0.3) is 0 Å². The van der Waals surface area contributed by atoms with Gasteiger partial charge in [-0.15, -0.1) is 5.92 Å². The summed E-state index contributed by atoms with van der Waals surface area (Å²) in [5, 5.41) is 4.07. The van der Waals surface area contributed by atoms with Gasteiger partial charge in [-0.3, -0.25) is 9.98 Å². The summed E-state index contributed by atoms with van der Waals surface area (Å²) in [5.41, 5.74) is 7.83. The Bertz CT molecular complexity index is 1630. The number of hydrogen-bond donors (Lipinski definition) is 2. The molecule has 0 bridgehead atoms. The third-order valence-corrected chi connectivity index (χ3v) is 10.1. The van der Waals surface area contributed by atoms with Crippen molar-refractivity contribution in [2.24, 2.45) is 16.6 Å². The number of hydrogen-bond acceptors (Lipinski definition) is 9. The van der Waals surface area contributed by atoms with Crippen molar-refractivity contribution in [3.05, 3.63) is 48.0 Å². The molecule has 0 saturated heterocycles. The van der Waals surface area contributed by atoms with E-state index in [1.165, 1.54) is 0 Å². The Morgan fingerprint density at radius 1 is 1.24 bits per heavy atom. The molecular weight excluding hydrogens is 495 g/mol. The maximum atomic E-state index is 14.2. The first-order chi connectivity index (χ1) is 17.8. The lowest BCUT2D eigenvalue weighted by molar-refractivity contribution is 0.361. The lowest BCUT2D eigenvalue weighted by Crippen LogP contribution is -2.63. The van der Waals surface area contributed by atoms with E-state index in [2.05, 4.69) is 37.1 Å². The Morgan fingerprint density at radius 3 is 2.81 bits per heavy atom. The largest absolute Gasteiger partial charge is 0.479 e. The molecule has 3 aromatic heterocycles. The number of fused-ring (bicyclic) bond motifs is 3. The van der Waals surface area contributed by atoms with E-state index in [1.807, 2.05) is 18.2 Å². The minimum atomic E-state index is -3.87. The summed E-state index contributed by atoms with van der Waals surface area (Å²) in [6, 6.07) is 5.51. The number of nitrogens with zero attached hydrogens (tertiary/aromatic N) is 4. The van der Waals surface area contributed by atoms with Crippen molar-refractivity contribution < 1.29 is 17.5 Å². The summed E-state index contributed by atoms with van der Waals surface area (Å²) in [6.45, 7) is 0.980. The number of alkyl halides is 1. The molecule has 3 aromatic rings. The second-order valence-corrected chi connectivity index (χ2v) is 12.0. The van der Waals surface area contributed by atoms with Crippen molar-refractivity contribution >= 4 is 38.1 Å². The van der Waals surface area contributed by atoms with Gasteiger partial charge in [0.2, 0.25) is 0 Å². The van der Waals surface area contributed by atoms with Crippen molar-refractivity contribution in [1.29, 1.82) is 0 Å². The van der Waals surface area contributed by atoms with E-state index in [0.29, 0.717) is 47.6 Å². The quantitative estimate of drug-likeness (QED) is 0.474. The summed E-state index contributed by atoms with van der Waals surface area (Å²) in [7, 11) is -3.87. The van der Waals surface area contributed by atoms with Gasteiger partial charge >= 0.3 is 0 Å². The molecule has 1 aliphatic heterocycles. The molecule has 0 unspecified atom stereocenters. The fourth-order valence-corrected chi connectivity index (χ4v) is 7.85. The molecule has 0 aromatic carbocycles. The molecule has 4 heterocycles. The first kappa shape index (κ1) is 23.6. The zero-order valence-electron chi connectivity index (χ0n) is 20.2. The molecule has 3 aliphatic rings. The zero-order chi connectivity index (χ0) is 25.8. The van der Waals surface area contributed by atoms with Crippen LogP contribution in [0.3, 0.4) is 0 Å². The third kappa shape index (κ3) is 3.62. The molecule has 2 atom stereocenters. The highest BCUT2D eigenvalue weighted by molar-refractivity contribution is 7.93. The highest BCUT2D eigenvalue weighted by Crippen LogP contribution is 2.53. The number of ether oxygens (including phenoxy) is 1. The summed E-state index contributed by atoms with van der Waals surface area (Å²) >= 11 is 0. The zero-order valence-corrected chi connectivity index (χ0v) is 21.0. The van der Waals surface area contributed by atoms with E-state index in [-0.39, 0.29) is 24.1 Å². The Labute approximate surface area is 213 Å². The van der Waals surface area contributed by atoms with E-state index in [9.17, 15) is 12.8 Å². The Hall–Kier alpha value is -3.78. The van der Waals surface area contributed by atoms with Crippen molar-refractivity contribution in [2.75, 3.05) is 24.4 Å². The molecule has 1 spiro atoms. The molecule has 2 aliphatic carbocycles. The topological polar surface area (TPSA) is 132 Å². The molecule has 1 fully saturated rings. The van der Waals surface area contributed by atoms with Crippen LogP contribution >= 0.6 is 0 Å². The van der Waals surface area contributed by atoms with Crippen LogP contribution in [0.15, 0.2) is 41.8 Å². The lowest BCUT2D eigenvalue weighted by atomic mass is 9.74. The van der Waals surface area contributed by atoms with E-state index in [0.717, 1.165) is 11.1 Å². The standard InChI is InChI=1S/C26H25FN6O3S/c1-2-3-8-36-19-9-16-6-7-29-23(22(16)31-13-19)32-18-10-20-21(30-12-18)11-25(20)15-37(34,35)26(14-27,17-4-5-17)24(28)33-25/h6-7,9-10,12-13,17H,4-5,8,11,14-15H2,1H3,(H2,28,33)(H,29,32)/t25-,26-/m0/s1. The maximum absolute atomic E-state index is 14.2. The van der Waals surface area contributed by atoms with Gasteiger partial charge in [-0.05, 0) is 43.9 Å². The molecule has 11 heteroatoms. The molecule has 190 valence electrons. The average molecular weight is 521 g/mol. The number of anilines is 2. The summed E-state index contributed by atoms with van der Waals surface area (Å²) in [5.74, 6) is 6.04. The molecule has 3 N–H and O–H groups in total. The van der Waals surface area contributed by atoms with Gasteiger partial charge in [0.1, 0.15) is 35.9 Å². The van der Waals surface area contributed by atoms with Gasteiger partial charge in [0, 0.05) is 29.3 Å². The van der Waals surface area contributed by atoms with Crippen LogP contribution in [-0.4, -0.2) is 53.0 Å². The minimum absolute atomic E-state index is 0.115. The van der Waals surface area contributed by atoms with E-state index >= 15 is 0 Å². The number of nitrogens with one attached hydrogen (secondary N) is 1. The van der Waals surface area contributed by atoms with Crippen molar-refractivity contribution in [3.63, 3.8) is 0 Å². The molecule has 9 nitrogen and oxygen atoms in total. The molecular formula is C26H25FN6O3S. The Kier molecular flexibility index (Phi) is 5.35. The SMILES string of the molecule is CC#CCOc1cnc2c(Nc3cnc4c(c3)[C@]3(C4)CS(=O)(=O)[C@@](CF)(C4CC4)C(N)=N3)nccc2c1. The highest BCUT2D eigenvalue weighted by Gasteiger charge is 2.64. The number of sulfone groups is 1. The molecule has 37 heavy (non-hydrogen) atoms. The number of halogens is 1. The van der Waals surface area contributed by atoms with Crippen LogP contribution in [0.4, 0.5) is 15.9 Å². The van der Waals surface area contributed by atoms with Gasteiger partial charge in [0.05, 0.1) is 23.8 Å². The van der Waals surface area contributed by atoms with Gasteiger partial charge < -0.3 is 15.8 Å². The van der Waals surface area contributed by atoms with Crippen LogP contribution in [0.25, 0.3) is 10.9 Å². The smallest absolute Gasteiger partial charge is 0.168 e. The first-order valence-corrected chi connectivity index (χ1v) is 13.6. The Balaban J connectivity index is 1.32. The lowest BCUT2D eigenvalue weighted by Gasteiger charge is -2.47. The fraction of sp³-hybridized carbons (Fsp3) is 0.385. The van der Waals surface area contributed by atoms with Crippen LogP contribution in [0.1, 0.15) is 31.0 Å². The third-order valence-electron chi connectivity index (χ3n) is 7.44. The minimum Gasteiger partial charge on any atom is -0.479 e. The van der Waals surface area contributed by atoms with Gasteiger partial charge in [0.15, 0.2) is 20.4 Å². The van der Waals surface area contributed by atoms with E-state index in [4.69, 9.17) is 10.5 Å². The predicted octanol–water partition coefficient (Wildman–Crippen LogP) is 2.83. The molecule has 0 amide bonds. The predicted molar refractivity (Wildman–Crippen MR) is 138 cm³/mol. The van der Waals surface area contributed by atoms with Crippen LogP contribution in [0.5, 0.6) is 5.75 Å². The Morgan fingerprint density at radius 2 is 2.08 bits per heavy atom. The number of pyridine rings is 3. The van der Waals surface area contributed by atoms with E-state index in [1.54, 1.807) is 25.5 Å². The second-order valence-electron chi connectivity index (χ2n) is 9.72. The normalized spacial score (nSPS) is 25.4. The number of amidine groups is 1. The summed E-state index contributed by atoms with van der Waals surface area (Å²) in [4.78, 5) is 18.1. The number of nitrogens with two attached hydrogens (primary N) is 1. The van der Waals surface area contributed by atoms with Crippen LogP contribution in [-0.2, 0) is 21.8 Å². The first-order valence-electron chi connectivity index (χ1n) is 12.0. The van der Waals surface area contributed by atoms with Crippen molar-refractivity contribution in [1.82, 2.24) is 15.0 Å². The summed E-state index contributed by atoms with van der Waals surface area (Å²) < 4.78 is 44.9. The van der Waals surface area contributed by atoms with Crippen LogP contribution in [0, 0.1) is 17.8 Å². The van der Waals surface area contributed by atoms with Crippen LogP contribution in [0.2, 0.25) is 0 Å². The fourth-order valence-electron chi connectivity index (χ4n) is 5.37. The maximum Gasteiger partial charge on any atom is 0.168 e. The monoisotopic (exact) mass is 520 g/mol. The highest BCUT2D eigenvalue weighted by atomic mass is 32.2. The average Bonchev–Trinajstić information content (AvgIpc) is 3.70.